The average molecular weight is 338 g/mol. The Kier molecular flexibility index (Phi) is 4.16. The number of rotatable bonds is 4. The van der Waals surface area contributed by atoms with Crippen molar-refractivity contribution in [3.8, 4) is 21.9 Å². The maximum absolute atomic E-state index is 13.0. The maximum atomic E-state index is 13.0. The molecule has 0 saturated heterocycles. The van der Waals surface area contributed by atoms with Gasteiger partial charge in [-0.1, -0.05) is 24.3 Å². The molecule has 1 heterocycles. The molecular weight excluding hydrogens is 320 g/mol. The van der Waals surface area contributed by atoms with Crippen LogP contribution in [0.25, 0.3) is 10.4 Å². The second-order valence-electron chi connectivity index (χ2n) is 6.22. The zero-order valence-corrected chi connectivity index (χ0v) is 14.3. The molecular formula is C20H18O3S. The van der Waals surface area contributed by atoms with Crippen molar-refractivity contribution in [1.29, 1.82) is 0 Å². The number of ketones is 1. The van der Waals surface area contributed by atoms with Crippen molar-refractivity contribution in [2.45, 2.75) is 19.3 Å². The Hall–Kier alpha value is -2.59. The molecule has 0 unspecified atom stereocenters. The van der Waals surface area contributed by atoms with E-state index in [0.717, 1.165) is 16.0 Å². The van der Waals surface area contributed by atoms with Crippen molar-refractivity contribution in [3.63, 3.8) is 0 Å². The minimum absolute atomic E-state index is 0.00417. The molecule has 24 heavy (non-hydrogen) atoms. The first kappa shape index (κ1) is 16.3. The van der Waals surface area contributed by atoms with Gasteiger partial charge in [-0.25, -0.2) is 0 Å². The van der Waals surface area contributed by atoms with Crippen LogP contribution in [0.15, 0.2) is 60.7 Å². The Morgan fingerprint density at radius 3 is 2.25 bits per heavy atom. The van der Waals surface area contributed by atoms with Crippen LogP contribution in [0, 0.1) is 0 Å². The molecule has 3 aromatic rings. The highest BCUT2D eigenvalue weighted by Crippen LogP contribution is 2.35. The lowest BCUT2D eigenvalue weighted by atomic mass is 9.80. The molecule has 0 amide bonds. The molecule has 1 aromatic heterocycles. The van der Waals surface area contributed by atoms with Gasteiger partial charge in [-0.05, 0) is 61.4 Å². The first-order valence-electron chi connectivity index (χ1n) is 7.61. The number of carbonyl (C=O) groups is 1. The molecule has 0 saturated carbocycles. The summed E-state index contributed by atoms with van der Waals surface area (Å²) in [6.07, 6.45) is 0. The summed E-state index contributed by atoms with van der Waals surface area (Å²) in [6.45, 7) is 3.72. The minimum atomic E-state index is -0.736. The molecule has 0 aliphatic carbocycles. The zero-order chi connectivity index (χ0) is 17.3. The Morgan fingerprint density at radius 2 is 1.58 bits per heavy atom. The van der Waals surface area contributed by atoms with Crippen molar-refractivity contribution < 1.29 is 15.0 Å². The van der Waals surface area contributed by atoms with Gasteiger partial charge in [0.05, 0.1) is 10.3 Å². The molecule has 0 spiro atoms. The lowest BCUT2D eigenvalue weighted by Gasteiger charge is -2.23. The van der Waals surface area contributed by atoms with Gasteiger partial charge in [0.25, 0.3) is 0 Å². The summed E-state index contributed by atoms with van der Waals surface area (Å²) in [7, 11) is 0. The fraction of sp³-hybridized carbons (Fsp3) is 0.150. The third-order valence-electron chi connectivity index (χ3n) is 4.10. The molecule has 3 rings (SSSR count). The highest BCUT2D eigenvalue weighted by Gasteiger charge is 2.32. The summed E-state index contributed by atoms with van der Waals surface area (Å²) in [6, 6.07) is 17.5. The Labute approximate surface area is 144 Å². The molecule has 0 fully saturated rings. The quantitative estimate of drug-likeness (QED) is 0.659. The zero-order valence-electron chi connectivity index (χ0n) is 13.5. The molecule has 0 aliphatic rings. The number of thiophene rings is 1. The summed E-state index contributed by atoms with van der Waals surface area (Å²) in [5.41, 5.74) is 0.925. The maximum Gasteiger partial charge on any atom is 0.182 e. The highest BCUT2D eigenvalue weighted by molar-refractivity contribution is 7.17. The summed E-state index contributed by atoms with van der Waals surface area (Å²) in [5, 5.41) is 19.3. The number of aromatic hydroxyl groups is 2. The van der Waals surface area contributed by atoms with Gasteiger partial charge in [0.15, 0.2) is 5.78 Å². The summed E-state index contributed by atoms with van der Waals surface area (Å²) < 4.78 is 0. The lowest BCUT2D eigenvalue weighted by Crippen LogP contribution is -2.28. The fourth-order valence-electron chi connectivity index (χ4n) is 2.61. The molecule has 0 aliphatic heterocycles. The van der Waals surface area contributed by atoms with Gasteiger partial charge in [-0.15, -0.1) is 11.3 Å². The average Bonchev–Trinajstić information content (AvgIpc) is 3.04. The van der Waals surface area contributed by atoms with E-state index in [1.165, 1.54) is 11.3 Å². The highest BCUT2D eigenvalue weighted by atomic mass is 32.1. The van der Waals surface area contributed by atoms with Crippen LogP contribution in [0.5, 0.6) is 11.5 Å². The van der Waals surface area contributed by atoms with Crippen LogP contribution in [-0.4, -0.2) is 16.0 Å². The van der Waals surface area contributed by atoms with Crippen LogP contribution in [0.2, 0.25) is 0 Å². The number of phenolic OH excluding ortho intramolecular Hbond substituents is 2. The molecule has 2 aromatic carbocycles. The predicted octanol–water partition coefficient (Wildman–Crippen LogP) is 4.99. The fourth-order valence-corrected chi connectivity index (χ4v) is 3.71. The standard InChI is InChI=1S/C20H18O3S/c1-20(2,14-6-4-8-16(22)12-14)19(23)18-10-9-17(24-18)13-5-3-7-15(21)11-13/h3-12,21-22H,1-2H3. The molecule has 4 heteroatoms. The molecule has 0 bridgehead atoms. The van der Waals surface area contributed by atoms with Crippen molar-refractivity contribution in [1.82, 2.24) is 0 Å². The number of hydrogen-bond donors (Lipinski definition) is 2. The second kappa shape index (κ2) is 6.13. The Morgan fingerprint density at radius 1 is 0.917 bits per heavy atom. The Bertz CT molecular complexity index is 893. The largest absolute Gasteiger partial charge is 0.508 e. The number of Topliss-reactive ketones (excluding diaryl/α,β-unsaturated/α-hetero) is 1. The van der Waals surface area contributed by atoms with Gasteiger partial charge in [0, 0.05) is 4.88 Å². The van der Waals surface area contributed by atoms with Crippen LogP contribution < -0.4 is 0 Å². The van der Waals surface area contributed by atoms with Crippen LogP contribution in [0.3, 0.4) is 0 Å². The van der Waals surface area contributed by atoms with Gasteiger partial charge in [-0.2, -0.15) is 0 Å². The van der Waals surface area contributed by atoms with Crippen LogP contribution in [0.4, 0.5) is 0 Å². The number of benzene rings is 2. The van der Waals surface area contributed by atoms with E-state index in [4.69, 9.17) is 0 Å². The van der Waals surface area contributed by atoms with E-state index in [2.05, 4.69) is 0 Å². The molecule has 122 valence electrons. The van der Waals surface area contributed by atoms with Crippen molar-refractivity contribution in [2.75, 3.05) is 0 Å². The van der Waals surface area contributed by atoms with Gasteiger partial charge in [0.2, 0.25) is 0 Å². The van der Waals surface area contributed by atoms with Gasteiger partial charge >= 0.3 is 0 Å². The minimum Gasteiger partial charge on any atom is -0.508 e. The summed E-state index contributed by atoms with van der Waals surface area (Å²) in [5.74, 6) is 0.360. The van der Waals surface area contributed by atoms with Crippen molar-refractivity contribution in [2.24, 2.45) is 0 Å². The van der Waals surface area contributed by atoms with Crippen molar-refractivity contribution >= 4 is 17.1 Å². The first-order valence-corrected chi connectivity index (χ1v) is 8.43. The van der Waals surface area contributed by atoms with Crippen molar-refractivity contribution in [3.05, 3.63) is 71.1 Å². The summed E-state index contributed by atoms with van der Waals surface area (Å²) in [4.78, 5) is 14.6. The normalized spacial score (nSPS) is 11.4. The van der Waals surface area contributed by atoms with E-state index in [9.17, 15) is 15.0 Å². The third-order valence-corrected chi connectivity index (χ3v) is 5.23. The predicted molar refractivity (Wildman–Crippen MR) is 96.9 cm³/mol. The Balaban J connectivity index is 1.93. The number of hydrogen-bond acceptors (Lipinski definition) is 4. The number of phenols is 2. The second-order valence-corrected chi connectivity index (χ2v) is 7.30. The van der Waals surface area contributed by atoms with E-state index in [0.29, 0.717) is 4.88 Å². The van der Waals surface area contributed by atoms with Gasteiger partial charge in [0.1, 0.15) is 11.5 Å². The van der Waals surface area contributed by atoms with E-state index in [1.54, 1.807) is 36.4 Å². The van der Waals surface area contributed by atoms with E-state index >= 15 is 0 Å². The molecule has 2 N–H and O–H groups in total. The SMILES string of the molecule is CC(C)(C(=O)c1ccc(-c2cccc(O)c2)s1)c1cccc(O)c1. The molecule has 0 atom stereocenters. The van der Waals surface area contributed by atoms with E-state index in [1.807, 2.05) is 38.1 Å². The monoisotopic (exact) mass is 338 g/mol. The molecule has 3 nitrogen and oxygen atoms in total. The number of carbonyl (C=O) groups excluding carboxylic acids is 1. The van der Waals surface area contributed by atoms with Gasteiger partial charge < -0.3 is 10.2 Å². The van der Waals surface area contributed by atoms with E-state index in [-0.39, 0.29) is 17.3 Å². The van der Waals surface area contributed by atoms with Crippen LogP contribution in [0.1, 0.15) is 29.1 Å². The molecule has 0 radical (unpaired) electrons. The topological polar surface area (TPSA) is 57.5 Å². The third kappa shape index (κ3) is 3.05. The lowest BCUT2D eigenvalue weighted by molar-refractivity contribution is 0.0913. The van der Waals surface area contributed by atoms with E-state index < -0.39 is 5.41 Å². The first-order chi connectivity index (χ1) is 11.4. The summed E-state index contributed by atoms with van der Waals surface area (Å²) >= 11 is 1.41. The van der Waals surface area contributed by atoms with Gasteiger partial charge in [-0.3, -0.25) is 4.79 Å². The van der Waals surface area contributed by atoms with Crippen LogP contribution in [-0.2, 0) is 5.41 Å². The smallest absolute Gasteiger partial charge is 0.182 e. The van der Waals surface area contributed by atoms with Crippen LogP contribution >= 0.6 is 11.3 Å².